The van der Waals surface area contributed by atoms with Crippen LogP contribution in [0.1, 0.15) is 20.3 Å². The number of methoxy groups -OCH3 is 1. The van der Waals surface area contributed by atoms with E-state index in [1.165, 1.54) is 13.5 Å². The molecule has 0 saturated carbocycles. The first kappa shape index (κ1) is 13.5. The number of rotatable bonds is 3. The minimum Gasteiger partial charge on any atom is -0.469 e. The highest BCUT2D eigenvalue weighted by molar-refractivity contribution is 5.76. The van der Waals surface area contributed by atoms with Gasteiger partial charge in [-0.25, -0.2) is 0 Å². The van der Waals surface area contributed by atoms with E-state index in [2.05, 4.69) is 16.8 Å². The third kappa shape index (κ3) is 3.76. The molecular formula is C12H24N2O2. The van der Waals surface area contributed by atoms with Crippen LogP contribution in [0.25, 0.3) is 0 Å². The molecule has 0 aromatic heterocycles. The highest BCUT2D eigenvalue weighted by atomic mass is 16.5. The van der Waals surface area contributed by atoms with E-state index in [-0.39, 0.29) is 5.97 Å². The van der Waals surface area contributed by atoms with Crippen molar-refractivity contribution in [1.29, 1.82) is 0 Å². The molecule has 1 fully saturated rings. The van der Waals surface area contributed by atoms with Gasteiger partial charge in [-0.05, 0) is 40.4 Å². The quantitative estimate of drug-likeness (QED) is 0.670. The summed E-state index contributed by atoms with van der Waals surface area (Å²) < 4.78 is 4.83. The summed E-state index contributed by atoms with van der Waals surface area (Å²) in [4.78, 5) is 16.3. The highest BCUT2D eigenvalue weighted by Gasteiger charge is 2.31. The van der Waals surface area contributed by atoms with Crippen molar-refractivity contribution in [3.63, 3.8) is 0 Å². The van der Waals surface area contributed by atoms with Gasteiger partial charge in [0.05, 0.1) is 12.5 Å². The Bertz CT molecular complexity index is 241. The molecular weight excluding hydrogens is 204 g/mol. The van der Waals surface area contributed by atoms with Crippen molar-refractivity contribution in [1.82, 2.24) is 9.80 Å². The van der Waals surface area contributed by atoms with Crippen molar-refractivity contribution >= 4 is 5.97 Å². The fraction of sp³-hybridized carbons (Fsp3) is 0.917. The summed E-state index contributed by atoms with van der Waals surface area (Å²) in [5.41, 5.74) is -0.405. The van der Waals surface area contributed by atoms with E-state index in [9.17, 15) is 4.79 Å². The molecule has 0 N–H and O–H groups in total. The Hall–Kier alpha value is -0.610. The fourth-order valence-electron chi connectivity index (χ4n) is 2.16. The van der Waals surface area contributed by atoms with Gasteiger partial charge in [0.1, 0.15) is 0 Å². The molecule has 1 heterocycles. The van der Waals surface area contributed by atoms with Crippen LogP contribution in [0, 0.1) is 5.41 Å². The lowest BCUT2D eigenvalue weighted by atomic mass is 9.93. The molecule has 0 bridgehead atoms. The lowest BCUT2D eigenvalue weighted by Gasteiger charge is -2.29. The molecule has 1 rings (SSSR count). The summed E-state index contributed by atoms with van der Waals surface area (Å²) in [6, 6.07) is 0. The number of likely N-dealkylation sites (N-methyl/N-ethyl adjacent to an activating group) is 1. The van der Waals surface area contributed by atoms with Gasteiger partial charge in [0.25, 0.3) is 0 Å². The molecule has 0 atom stereocenters. The Morgan fingerprint density at radius 1 is 1.25 bits per heavy atom. The number of ether oxygens (including phenoxy) is 1. The number of esters is 1. The molecule has 1 saturated heterocycles. The molecule has 0 unspecified atom stereocenters. The van der Waals surface area contributed by atoms with Crippen LogP contribution >= 0.6 is 0 Å². The van der Waals surface area contributed by atoms with Gasteiger partial charge in [0.2, 0.25) is 0 Å². The largest absolute Gasteiger partial charge is 0.469 e. The third-order valence-corrected chi connectivity index (χ3v) is 3.17. The van der Waals surface area contributed by atoms with Gasteiger partial charge in [-0.1, -0.05) is 0 Å². The molecule has 0 aliphatic carbocycles. The van der Waals surface area contributed by atoms with Crippen LogP contribution in [0.5, 0.6) is 0 Å². The monoisotopic (exact) mass is 228 g/mol. The predicted octanol–water partition coefficient (Wildman–Crippen LogP) is 0.823. The van der Waals surface area contributed by atoms with Crippen LogP contribution in [-0.2, 0) is 9.53 Å². The molecule has 0 amide bonds. The van der Waals surface area contributed by atoms with Gasteiger partial charge in [-0.2, -0.15) is 0 Å². The maximum Gasteiger partial charge on any atom is 0.312 e. The lowest BCUT2D eigenvalue weighted by molar-refractivity contribution is -0.151. The van der Waals surface area contributed by atoms with E-state index < -0.39 is 5.41 Å². The molecule has 0 aromatic rings. The zero-order valence-corrected chi connectivity index (χ0v) is 11.0. The van der Waals surface area contributed by atoms with Crippen molar-refractivity contribution < 1.29 is 9.53 Å². The second kappa shape index (κ2) is 5.64. The lowest BCUT2D eigenvalue weighted by Crippen LogP contribution is -2.41. The fourth-order valence-corrected chi connectivity index (χ4v) is 2.16. The van der Waals surface area contributed by atoms with E-state index in [1.54, 1.807) is 0 Å². The minimum atomic E-state index is -0.405. The van der Waals surface area contributed by atoms with Crippen molar-refractivity contribution in [3.05, 3.63) is 0 Å². The van der Waals surface area contributed by atoms with Gasteiger partial charge in [0, 0.05) is 19.6 Å². The number of hydrogen-bond acceptors (Lipinski definition) is 4. The number of nitrogens with zero attached hydrogens (tertiary/aromatic N) is 2. The van der Waals surface area contributed by atoms with Gasteiger partial charge in [-0.3, -0.25) is 4.79 Å². The Kier molecular flexibility index (Phi) is 4.74. The van der Waals surface area contributed by atoms with E-state index in [0.29, 0.717) is 0 Å². The molecule has 0 radical (unpaired) electrons. The number of hydrogen-bond donors (Lipinski definition) is 0. The summed E-state index contributed by atoms with van der Waals surface area (Å²) in [7, 11) is 3.61. The Labute approximate surface area is 98.5 Å². The molecule has 0 aromatic carbocycles. The first-order valence-corrected chi connectivity index (χ1v) is 5.95. The maximum absolute atomic E-state index is 11.6. The molecule has 16 heavy (non-hydrogen) atoms. The number of carbonyl (C=O) groups excluding carboxylic acids is 1. The Morgan fingerprint density at radius 2 is 1.94 bits per heavy atom. The normalized spacial score (nSPS) is 20.5. The molecule has 4 nitrogen and oxygen atoms in total. The predicted molar refractivity (Wildman–Crippen MR) is 64.4 cm³/mol. The first-order valence-electron chi connectivity index (χ1n) is 5.95. The van der Waals surface area contributed by atoms with E-state index in [1.807, 2.05) is 13.8 Å². The second-order valence-corrected chi connectivity index (χ2v) is 5.31. The smallest absolute Gasteiger partial charge is 0.312 e. The topological polar surface area (TPSA) is 32.8 Å². The summed E-state index contributed by atoms with van der Waals surface area (Å²) in [6.07, 6.45) is 1.17. The summed E-state index contributed by atoms with van der Waals surface area (Å²) in [6.45, 7) is 9.03. The molecule has 1 aliphatic rings. The highest BCUT2D eigenvalue weighted by Crippen LogP contribution is 2.19. The zero-order valence-electron chi connectivity index (χ0n) is 11.0. The molecule has 4 heteroatoms. The minimum absolute atomic E-state index is 0.120. The van der Waals surface area contributed by atoms with E-state index in [4.69, 9.17) is 4.74 Å². The van der Waals surface area contributed by atoms with Gasteiger partial charge >= 0.3 is 5.97 Å². The zero-order chi connectivity index (χ0) is 12.2. The van der Waals surface area contributed by atoms with E-state index >= 15 is 0 Å². The summed E-state index contributed by atoms with van der Waals surface area (Å²) >= 11 is 0. The van der Waals surface area contributed by atoms with E-state index in [0.717, 1.165) is 32.7 Å². The van der Waals surface area contributed by atoms with Crippen LogP contribution in [0.3, 0.4) is 0 Å². The van der Waals surface area contributed by atoms with Crippen LogP contribution in [0.2, 0.25) is 0 Å². The second-order valence-electron chi connectivity index (χ2n) is 5.31. The third-order valence-electron chi connectivity index (χ3n) is 3.17. The molecule has 0 spiro atoms. The Balaban J connectivity index is 2.49. The average Bonchev–Trinajstić information content (AvgIpc) is 2.42. The van der Waals surface area contributed by atoms with Crippen LogP contribution < -0.4 is 0 Å². The van der Waals surface area contributed by atoms with Crippen molar-refractivity contribution in [2.45, 2.75) is 20.3 Å². The van der Waals surface area contributed by atoms with Crippen LogP contribution in [0.4, 0.5) is 0 Å². The first-order chi connectivity index (χ1) is 7.45. The van der Waals surface area contributed by atoms with Crippen LogP contribution in [-0.4, -0.2) is 62.7 Å². The van der Waals surface area contributed by atoms with Crippen LogP contribution in [0.15, 0.2) is 0 Å². The standard InChI is InChI=1S/C12H24N2O2/c1-12(2,11(15)16-4)10-14-7-5-6-13(3)8-9-14/h5-10H2,1-4H3. The summed E-state index contributed by atoms with van der Waals surface area (Å²) in [5, 5.41) is 0. The van der Waals surface area contributed by atoms with Gasteiger partial charge in [0.15, 0.2) is 0 Å². The van der Waals surface area contributed by atoms with Gasteiger partial charge in [-0.15, -0.1) is 0 Å². The molecule has 1 aliphatic heterocycles. The SMILES string of the molecule is COC(=O)C(C)(C)CN1CCCN(C)CC1. The average molecular weight is 228 g/mol. The Morgan fingerprint density at radius 3 is 2.56 bits per heavy atom. The molecule has 94 valence electrons. The van der Waals surface area contributed by atoms with Crippen molar-refractivity contribution in [2.75, 3.05) is 46.9 Å². The van der Waals surface area contributed by atoms with Gasteiger partial charge < -0.3 is 14.5 Å². The summed E-state index contributed by atoms with van der Waals surface area (Å²) in [5.74, 6) is -0.120. The van der Waals surface area contributed by atoms with Crippen molar-refractivity contribution in [3.8, 4) is 0 Å². The number of carbonyl (C=O) groups is 1. The van der Waals surface area contributed by atoms with Crippen molar-refractivity contribution in [2.24, 2.45) is 5.41 Å². The maximum atomic E-state index is 11.6.